The standard InChI is InChI=1S/C19H26N4O3/c1-5-20-17(24)13-6-8-23(9-7-13)19(25)14-10-15(11(2)3)21-18-16(14)12(4)22-26-18/h10-11,13H,5-9H2,1-4H3,(H,20,24). The van der Waals surface area contributed by atoms with Crippen molar-refractivity contribution in [2.45, 2.75) is 46.5 Å². The number of carbonyl (C=O) groups excluding carboxylic acids is 2. The maximum Gasteiger partial charge on any atom is 0.259 e. The number of piperidine rings is 1. The molecule has 26 heavy (non-hydrogen) atoms. The molecule has 2 aromatic rings. The summed E-state index contributed by atoms with van der Waals surface area (Å²) in [7, 11) is 0. The van der Waals surface area contributed by atoms with E-state index >= 15 is 0 Å². The van der Waals surface area contributed by atoms with E-state index in [-0.39, 0.29) is 23.7 Å². The van der Waals surface area contributed by atoms with Gasteiger partial charge in [0.05, 0.1) is 16.6 Å². The average molecular weight is 358 g/mol. The highest BCUT2D eigenvalue weighted by atomic mass is 16.5. The Morgan fingerprint density at radius 3 is 2.65 bits per heavy atom. The van der Waals surface area contributed by atoms with Crippen LogP contribution in [0.2, 0.25) is 0 Å². The van der Waals surface area contributed by atoms with Crippen LogP contribution in [-0.4, -0.2) is 46.5 Å². The number of rotatable bonds is 4. The number of nitrogens with zero attached hydrogens (tertiary/aromatic N) is 3. The van der Waals surface area contributed by atoms with E-state index in [0.717, 1.165) is 5.69 Å². The van der Waals surface area contributed by atoms with Crippen molar-refractivity contribution in [3.8, 4) is 0 Å². The normalized spacial score (nSPS) is 15.7. The second-order valence-corrected chi connectivity index (χ2v) is 7.16. The summed E-state index contributed by atoms with van der Waals surface area (Å²) in [5, 5.41) is 7.53. The molecule has 0 saturated carbocycles. The van der Waals surface area contributed by atoms with Gasteiger partial charge in [-0.15, -0.1) is 0 Å². The van der Waals surface area contributed by atoms with Gasteiger partial charge in [-0.3, -0.25) is 9.59 Å². The highest BCUT2D eigenvalue weighted by molar-refractivity contribution is 6.06. The lowest BCUT2D eigenvalue weighted by molar-refractivity contribution is -0.126. The van der Waals surface area contributed by atoms with Crippen molar-refractivity contribution >= 4 is 22.9 Å². The van der Waals surface area contributed by atoms with Crippen LogP contribution in [0, 0.1) is 12.8 Å². The lowest BCUT2D eigenvalue weighted by Crippen LogP contribution is -2.43. The third kappa shape index (κ3) is 3.43. The molecule has 3 rings (SSSR count). The molecular weight excluding hydrogens is 332 g/mol. The third-order valence-corrected chi connectivity index (χ3v) is 4.96. The second kappa shape index (κ2) is 7.43. The molecule has 7 nitrogen and oxygen atoms in total. The van der Waals surface area contributed by atoms with Gasteiger partial charge in [0.2, 0.25) is 5.91 Å². The summed E-state index contributed by atoms with van der Waals surface area (Å²) < 4.78 is 5.31. The summed E-state index contributed by atoms with van der Waals surface area (Å²) in [5.74, 6) is 0.211. The summed E-state index contributed by atoms with van der Waals surface area (Å²) in [6.45, 7) is 9.59. The van der Waals surface area contributed by atoms with Crippen molar-refractivity contribution in [2.75, 3.05) is 19.6 Å². The Labute approximate surface area is 153 Å². The molecule has 1 N–H and O–H groups in total. The molecule has 0 atom stereocenters. The molecule has 0 aliphatic carbocycles. The molecular formula is C19H26N4O3. The predicted molar refractivity (Wildman–Crippen MR) is 97.9 cm³/mol. The Hall–Kier alpha value is -2.44. The van der Waals surface area contributed by atoms with Crippen molar-refractivity contribution in [3.63, 3.8) is 0 Å². The number of carbonyl (C=O) groups is 2. The number of likely N-dealkylation sites (tertiary alicyclic amines) is 1. The van der Waals surface area contributed by atoms with Gasteiger partial charge in [-0.05, 0) is 38.7 Å². The van der Waals surface area contributed by atoms with Crippen LogP contribution >= 0.6 is 0 Å². The van der Waals surface area contributed by atoms with Gasteiger partial charge in [-0.1, -0.05) is 19.0 Å². The zero-order valence-electron chi connectivity index (χ0n) is 15.8. The first-order chi connectivity index (χ1) is 12.4. The highest BCUT2D eigenvalue weighted by Gasteiger charge is 2.29. The van der Waals surface area contributed by atoms with Crippen LogP contribution < -0.4 is 5.32 Å². The maximum absolute atomic E-state index is 13.2. The number of hydrogen-bond donors (Lipinski definition) is 1. The largest absolute Gasteiger partial charge is 0.356 e. The Bertz CT molecular complexity index is 820. The maximum atomic E-state index is 13.2. The van der Waals surface area contributed by atoms with Crippen LogP contribution in [0.1, 0.15) is 61.3 Å². The average Bonchev–Trinajstić information content (AvgIpc) is 3.02. The minimum Gasteiger partial charge on any atom is -0.356 e. The summed E-state index contributed by atoms with van der Waals surface area (Å²) in [6, 6.07) is 1.86. The van der Waals surface area contributed by atoms with Gasteiger partial charge in [0, 0.05) is 31.2 Å². The molecule has 1 saturated heterocycles. The van der Waals surface area contributed by atoms with E-state index in [1.807, 2.05) is 38.7 Å². The highest BCUT2D eigenvalue weighted by Crippen LogP contribution is 2.27. The van der Waals surface area contributed by atoms with Gasteiger partial charge in [0.25, 0.3) is 11.6 Å². The summed E-state index contributed by atoms with van der Waals surface area (Å²) in [4.78, 5) is 31.5. The second-order valence-electron chi connectivity index (χ2n) is 7.16. The zero-order chi connectivity index (χ0) is 18.8. The zero-order valence-corrected chi connectivity index (χ0v) is 15.8. The molecule has 0 aromatic carbocycles. The van der Waals surface area contributed by atoms with Gasteiger partial charge >= 0.3 is 0 Å². The smallest absolute Gasteiger partial charge is 0.259 e. The molecule has 0 spiro atoms. The minimum atomic E-state index is -0.0417. The van der Waals surface area contributed by atoms with Gasteiger partial charge in [-0.2, -0.15) is 0 Å². The topological polar surface area (TPSA) is 88.3 Å². The fraction of sp³-hybridized carbons (Fsp3) is 0.579. The minimum absolute atomic E-state index is 0.0139. The molecule has 0 radical (unpaired) electrons. The first-order valence-electron chi connectivity index (χ1n) is 9.26. The molecule has 1 aliphatic heterocycles. The van der Waals surface area contributed by atoms with Crippen molar-refractivity contribution in [1.29, 1.82) is 0 Å². The number of amides is 2. The van der Waals surface area contributed by atoms with Crippen molar-refractivity contribution in [2.24, 2.45) is 5.92 Å². The van der Waals surface area contributed by atoms with Crippen molar-refractivity contribution in [3.05, 3.63) is 23.0 Å². The molecule has 0 unspecified atom stereocenters. The van der Waals surface area contributed by atoms with Crippen LogP contribution in [0.3, 0.4) is 0 Å². The molecule has 2 amide bonds. The number of aryl methyl sites for hydroxylation is 1. The van der Waals surface area contributed by atoms with Crippen LogP contribution in [-0.2, 0) is 4.79 Å². The lowest BCUT2D eigenvalue weighted by Gasteiger charge is -2.31. The van der Waals surface area contributed by atoms with Gasteiger partial charge in [0.15, 0.2) is 0 Å². The van der Waals surface area contributed by atoms with E-state index in [2.05, 4.69) is 15.5 Å². The molecule has 1 fully saturated rings. The van der Waals surface area contributed by atoms with Crippen LogP contribution in [0.25, 0.3) is 11.1 Å². The molecule has 0 bridgehead atoms. The van der Waals surface area contributed by atoms with Gasteiger partial charge in [-0.25, -0.2) is 4.98 Å². The fourth-order valence-corrected chi connectivity index (χ4v) is 3.41. The number of nitrogens with one attached hydrogen (secondary N) is 1. The molecule has 7 heteroatoms. The number of hydrogen-bond acceptors (Lipinski definition) is 5. The molecule has 2 aromatic heterocycles. The Balaban J connectivity index is 1.84. The molecule has 3 heterocycles. The third-order valence-electron chi connectivity index (χ3n) is 4.96. The summed E-state index contributed by atoms with van der Waals surface area (Å²) >= 11 is 0. The van der Waals surface area contributed by atoms with Gasteiger partial charge in [0.1, 0.15) is 0 Å². The quantitative estimate of drug-likeness (QED) is 0.908. The Morgan fingerprint density at radius 1 is 1.35 bits per heavy atom. The van der Waals surface area contributed by atoms with E-state index in [9.17, 15) is 9.59 Å². The number of fused-ring (bicyclic) bond motifs is 1. The summed E-state index contributed by atoms with van der Waals surface area (Å²) in [6.07, 6.45) is 1.37. The fourth-order valence-electron chi connectivity index (χ4n) is 3.41. The SMILES string of the molecule is CCNC(=O)C1CCN(C(=O)c2cc(C(C)C)nc3onc(C)c23)CC1. The van der Waals surface area contributed by atoms with E-state index in [4.69, 9.17) is 4.52 Å². The Morgan fingerprint density at radius 2 is 2.04 bits per heavy atom. The summed E-state index contributed by atoms with van der Waals surface area (Å²) in [5.41, 5.74) is 2.49. The Kier molecular flexibility index (Phi) is 5.25. The number of aromatic nitrogens is 2. The van der Waals surface area contributed by atoms with Crippen LogP contribution in [0.15, 0.2) is 10.6 Å². The molecule has 140 valence electrons. The monoisotopic (exact) mass is 358 g/mol. The van der Waals surface area contributed by atoms with Crippen LogP contribution in [0.4, 0.5) is 0 Å². The van der Waals surface area contributed by atoms with Crippen molar-refractivity contribution in [1.82, 2.24) is 20.4 Å². The van der Waals surface area contributed by atoms with E-state index in [1.165, 1.54) is 0 Å². The predicted octanol–water partition coefficient (Wildman–Crippen LogP) is 2.64. The van der Waals surface area contributed by atoms with E-state index < -0.39 is 0 Å². The first-order valence-corrected chi connectivity index (χ1v) is 9.26. The van der Waals surface area contributed by atoms with E-state index in [0.29, 0.717) is 54.8 Å². The van der Waals surface area contributed by atoms with Crippen LogP contribution in [0.5, 0.6) is 0 Å². The lowest BCUT2D eigenvalue weighted by atomic mass is 9.95. The van der Waals surface area contributed by atoms with Crippen molar-refractivity contribution < 1.29 is 14.1 Å². The van der Waals surface area contributed by atoms with Gasteiger partial charge < -0.3 is 14.7 Å². The molecule has 1 aliphatic rings. The number of pyridine rings is 1. The first kappa shape index (κ1) is 18.4. The van der Waals surface area contributed by atoms with E-state index in [1.54, 1.807) is 0 Å².